The first-order chi connectivity index (χ1) is 9.60. The summed E-state index contributed by atoms with van der Waals surface area (Å²) in [5, 5.41) is 3.35. The van der Waals surface area contributed by atoms with Gasteiger partial charge in [-0.3, -0.25) is 4.57 Å². The van der Waals surface area contributed by atoms with E-state index in [4.69, 9.17) is 4.74 Å². The average Bonchev–Trinajstić information content (AvgIpc) is 2.94. The summed E-state index contributed by atoms with van der Waals surface area (Å²) in [5.41, 5.74) is -0.0615. The van der Waals surface area contributed by atoms with Gasteiger partial charge in [0.05, 0.1) is 12.1 Å². The number of nitrogens with one attached hydrogen (secondary N) is 1. The van der Waals surface area contributed by atoms with E-state index < -0.39 is 6.55 Å². The normalized spacial score (nSPS) is 22.4. The van der Waals surface area contributed by atoms with Crippen LogP contribution in [-0.2, 0) is 11.3 Å². The number of alkyl halides is 2. The molecular weight excluding hydrogens is 264 g/mol. The Kier molecular flexibility index (Phi) is 5.10. The van der Waals surface area contributed by atoms with Crippen LogP contribution in [0.15, 0.2) is 12.4 Å². The van der Waals surface area contributed by atoms with Crippen molar-refractivity contribution < 1.29 is 13.5 Å². The maximum absolute atomic E-state index is 12.7. The lowest BCUT2D eigenvalue weighted by Crippen LogP contribution is -2.46. The van der Waals surface area contributed by atoms with E-state index in [2.05, 4.69) is 24.1 Å². The summed E-state index contributed by atoms with van der Waals surface area (Å²) in [7, 11) is 0. The molecule has 1 N–H and O–H groups in total. The summed E-state index contributed by atoms with van der Waals surface area (Å²) >= 11 is 0. The van der Waals surface area contributed by atoms with Crippen LogP contribution in [0.2, 0.25) is 0 Å². The van der Waals surface area contributed by atoms with Crippen molar-refractivity contribution in [3.63, 3.8) is 0 Å². The molecule has 1 aromatic rings. The highest BCUT2D eigenvalue weighted by molar-refractivity contribution is 4.94. The van der Waals surface area contributed by atoms with Crippen LogP contribution in [0.25, 0.3) is 0 Å². The molecule has 0 radical (unpaired) electrons. The molecule has 1 saturated heterocycles. The summed E-state index contributed by atoms with van der Waals surface area (Å²) in [6.07, 6.45) is 6.52. The lowest BCUT2D eigenvalue weighted by Gasteiger charge is -2.40. The van der Waals surface area contributed by atoms with Crippen molar-refractivity contribution in [3.05, 3.63) is 18.2 Å². The molecular formula is C14H23F2N3O. The number of halogens is 2. The van der Waals surface area contributed by atoms with E-state index in [9.17, 15) is 8.78 Å². The highest BCUT2D eigenvalue weighted by atomic mass is 19.3. The zero-order chi connectivity index (χ0) is 14.6. The largest absolute Gasteiger partial charge is 0.375 e. The van der Waals surface area contributed by atoms with Crippen molar-refractivity contribution in [2.45, 2.75) is 64.3 Å². The summed E-state index contributed by atoms with van der Waals surface area (Å²) < 4.78 is 32.3. The van der Waals surface area contributed by atoms with Crippen molar-refractivity contribution in [2.24, 2.45) is 0 Å². The molecule has 0 amide bonds. The molecule has 0 spiro atoms. The topological polar surface area (TPSA) is 39.1 Å². The Morgan fingerprint density at radius 1 is 1.50 bits per heavy atom. The quantitative estimate of drug-likeness (QED) is 0.874. The molecule has 114 valence electrons. The van der Waals surface area contributed by atoms with Gasteiger partial charge in [0.2, 0.25) is 0 Å². The van der Waals surface area contributed by atoms with Crippen molar-refractivity contribution >= 4 is 0 Å². The lowest BCUT2D eigenvalue weighted by molar-refractivity contribution is -0.0933. The molecule has 0 saturated carbocycles. The van der Waals surface area contributed by atoms with Crippen LogP contribution < -0.4 is 5.32 Å². The number of aromatic nitrogens is 2. The van der Waals surface area contributed by atoms with E-state index in [-0.39, 0.29) is 5.60 Å². The molecule has 1 aliphatic rings. The predicted octanol–water partition coefficient (Wildman–Crippen LogP) is 3.11. The smallest absolute Gasteiger partial charge is 0.319 e. The second-order valence-electron chi connectivity index (χ2n) is 5.34. The monoisotopic (exact) mass is 287 g/mol. The first-order valence-corrected chi connectivity index (χ1v) is 7.27. The third kappa shape index (κ3) is 3.35. The Morgan fingerprint density at radius 3 is 2.90 bits per heavy atom. The maximum atomic E-state index is 12.7. The SMILES string of the molecule is CCC1(CC)CC(NCc2nccn2C(F)F)CCO1. The van der Waals surface area contributed by atoms with Gasteiger partial charge in [0.25, 0.3) is 0 Å². The Bertz CT molecular complexity index is 418. The minimum absolute atomic E-state index is 0.0615. The van der Waals surface area contributed by atoms with E-state index in [0.29, 0.717) is 18.4 Å². The van der Waals surface area contributed by atoms with Gasteiger partial charge in [0, 0.05) is 25.0 Å². The van der Waals surface area contributed by atoms with E-state index >= 15 is 0 Å². The molecule has 1 aromatic heterocycles. The number of imidazole rings is 1. The molecule has 1 atom stereocenters. The molecule has 20 heavy (non-hydrogen) atoms. The molecule has 2 rings (SSSR count). The zero-order valence-electron chi connectivity index (χ0n) is 12.1. The van der Waals surface area contributed by atoms with Gasteiger partial charge in [-0.15, -0.1) is 0 Å². The van der Waals surface area contributed by atoms with Crippen LogP contribution in [0.1, 0.15) is 51.9 Å². The van der Waals surface area contributed by atoms with Gasteiger partial charge in [-0.2, -0.15) is 8.78 Å². The summed E-state index contributed by atoms with van der Waals surface area (Å²) in [6, 6.07) is 0.298. The van der Waals surface area contributed by atoms with E-state index in [1.54, 1.807) is 0 Å². The fraction of sp³-hybridized carbons (Fsp3) is 0.786. The minimum Gasteiger partial charge on any atom is -0.375 e. The predicted molar refractivity (Wildman–Crippen MR) is 72.6 cm³/mol. The van der Waals surface area contributed by atoms with E-state index in [1.165, 1.54) is 12.4 Å². The second-order valence-corrected chi connectivity index (χ2v) is 5.34. The molecule has 6 heteroatoms. The number of ether oxygens (including phenoxy) is 1. The lowest BCUT2D eigenvalue weighted by atomic mass is 9.86. The van der Waals surface area contributed by atoms with E-state index in [0.717, 1.165) is 36.9 Å². The molecule has 0 aromatic carbocycles. The van der Waals surface area contributed by atoms with Gasteiger partial charge in [-0.1, -0.05) is 13.8 Å². The van der Waals surface area contributed by atoms with E-state index in [1.807, 2.05) is 0 Å². The number of hydrogen-bond acceptors (Lipinski definition) is 3. The average molecular weight is 287 g/mol. The van der Waals surface area contributed by atoms with Gasteiger partial charge in [0.15, 0.2) is 0 Å². The molecule has 2 heterocycles. The first-order valence-electron chi connectivity index (χ1n) is 7.27. The Morgan fingerprint density at radius 2 is 2.25 bits per heavy atom. The van der Waals surface area contributed by atoms with Crippen molar-refractivity contribution in [3.8, 4) is 0 Å². The first kappa shape index (κ1) is 15.4. The zero-order valence-corrected chi connectivity index (χ0v) is 12.1. The summed E-state index contributed by atoms with van der Waals surface area (Å²) in [6.45, 7) is 2.83. The molecule has 1 fully saturated rings. The number of hydrogen-bond donors (Lipinski definition) is 1. The van der Waals surface area contributed by atoms with Crippen LogP contribution in [0, 0.1) is 0 Å². The molecule has 0 bridgehead atoms. The van der Waals surface area contributed by atoms with Crippen molar-refractivity contribution in [1.82, 2.24) is 14.9 Å². The number of rotatable bonds is 6. The van der Waals surface area contributed by atoms with Crippen LogP contribution in [-0.4, -0.2) is 27.8 Å². The highest BCUT2D eigenvalue weighted by Gasteiger charge is 2.34. The van der Waals surface area contributed by atoms with Crippen LogP contribution >= 0.6 is 0 Å². The Labute approximate surface area is 118 Å². The maximum Gasteiger partial charge on any atom is 0.319 e. The van der Waals surface area contributed by atoms with Gasteiger partial charge < -0.3 is 10.1 Å². The molecule has 1 unspecified atom stereocenters. The summed E-state index contributed by atoms with van der Waals surface area (Å²) in [5.74, 6) is 0.380. The van der Waals surface area contributed by atoms with Crippen LogP contribution in [0.3, 0.4) is 0 Å². The molecule has 1 aliphatic heterocycles. The van der Waals surface area contributed by atoms with Crippen LogP contribution in [0.4, 0.5) is 8.78 Å². The van der Waals surface area contributed by atoms with Gasteiger partial charge in [-0.25, -0.2) is 4.98 Å². The third-order valence-electron chi connectivity index (χ3n) is 4.29. The second kappa shape index (κ2) is 6.63. The van der Waals surface area contributed by atoms with Gasteiger partial charge in [0.1, 0.15) is 5.82 Å². The minimum atomic E-state index is -2.53. The third-order valence-corrected chi connectivity index (χ3v) is 4.29. The molecule has 4 nitrogen and oxygen atoms in total. The van der Waals surface area contributed by atoms with Gasteiger partial charge >= 0.3 is 6.55 Å². The number of nitrogens with zero attached hydrogens (tertiary/aromatic N) is 2. The Hall–Kier alpha value is -1.01. The summed E-state index contributed by atoms with van der Waals surface area (Å²) in [4.78, 5) is 3.99. The van der Waals surface area contributed by atoms with Crippen molar-refractivity contribution in [2.75, 3.05) is 6.61 Å². The standard InChI is InChI=1S/C14H23F2N3O/c1-3-14(4-2)9-11(5-8-20-14)18-10-12-17-6-7-19(12)13(15)16/h6-7,11,13,18H,3-5,8-10H2,1-2H3. The van der Waals surface area contributed by atoms with Crippen LogP contribution in [0.5, 0.6) is 0 Å². The highest BCUT2D eigenvalue weighted by Crippen LogP contribution is 2.31. The Balaban J connectivity index is 1.92. The fourth-order valence-electron chi connectivity index (χ4n) is 2.84. The molecule has 0 aliphatic carbocycles. The van der Waals surface area contributed by atoms with Crippen molar-refractivity contribution in [1.29, 1.82) is 0 Å². The fourth-order valence-corrected chi connectivity index (χ4v) is 2.84. The van der Waals surface area contributed by atoms with Gasteiger partial charge in [-0.05, 0) is 25.7 Å².